The smallest absolute Gasteiger partial charge is 0.0243 e. The summed E-state index contributed by atoms with van der Waals surface area (Å²) in [4.78, 5) is 0. The lowest BCUT2D eigenvalue weighted by atomic mass is 9.95. The van der Waals surface area contributed by atoms with E-state index in [2.05, 4.69) is 50.7 Å². The fourth-order valence-corrected chi connectivity index (χ4v) is 2.42. The van der Waals surface area contributed by atoms with Crippen molar-refractivity contribution in [2.45, 2.75) is 46.5 Å². The van der Waals surface area contributed by atoms with Crippen molar-refractivity contribution in [3.8, 4) is 12.3 Å². The van der Waals surface area contributed by atoms with Crippen LogP contribution in [0.25, 0.3) is 5.57 Å². The third-order valence-electron chi connectivity index (χ3n) is 3.75. The van der Waals surface area contributed by atoms with Gasteiger partial charge >= 0.3 is 0 Å². The zero-order valence-electron chi connectivity index (χ0n) is 13.6. The standard InChI is InChI=1S/C20H27N/c1-6-9-20(10-7-2)17(5)21-15-16(4)19-13-11-18(8-3)12-14-19/h3,11-15,20-21H,5-7,9-10H2,1-2,4H3/b16-15+. The van der Waals surface area contributed by atoms with Crippen LogP contribution >= 0.6 is 0 Å². The van der Waals surface area contributed by atoms with E-state index in [9.17, 15) is 0 Å². The van der Waals surface area contributed by atoms with Crippen molar-refractivity contribution in [3.63, 3.8) is 0 Å². The topological polar surface area (TPSA) is 12.0 Å². The Kier molecular flexibility index (Phi) is 7.40. The van der Waals surface area contributed by atoms with Crippen LogP contribution in [0.3, 0.4) is 0 Å². The number of allylic oxidation sites excluding steroid dienone is 2. The first-order valence-corrected chi connectivity index (χ1v) is 7.81. The number of terminal acetylenes is 1. The van der Waals surface area contributed by atoms with Gasteiger partial charge in [0.05, 0.1) is 0 Å². The van der Waals surface area contributed by atoms with Crippen LogP contribution in [0.2, 0.25) is 0 Å². The number of rotatable bonds is 8. The van der Waals surface area contributed by atoms with Gasteiger partial charge in [-0.05, 0) is 49.0 Å². The number of hydrogen-bond donors (Lipinski definition) is 1. The minimum absolute atomic E-state index is 0.563. The first-order chi connectivity index (χ1) is 10.1. The highest BCUT2D eigenvalue weighted by Gasteiger charge is 2.09. The highest BCUT2D eigenvalue weighted by Crippen LogP contribution is 2.20. The largest absolute Gasteiger partial charge is 0.365 e. The normalized spacial score (nSPS) is 11.3. The molecule has 0 saturated carbocycles. The molecular weight excluding hydrogens is 254 g/mol. The molecule has 1 aromatic carbocycles. The van der Waals surface area contributed by atoms with Gasteiger partial charge in [0.1, 0.15) is 0 Å². The summed E-state index contributed by atoms with van der Waals surface area (Å²) in [5.74, 6) is 3.20. The molecule has 0 aliphatic carbocycles. The fraction of sp³-hybridized carbons (Fsp3) is 0.400. The van der Waals surface area contributed by atoms with E-state index < -0.39 is 0 Å². The van der Waals surface area contributed by atoms with Crippen LogP contribution in [0, 0.1) is 18.3 Å². The van der Waals surface area contributed by atoms with Gasteiger partial charge in [-0.15, -0.1) is 6.42 Å². The van der Waals surface area contributed by atoms with Crippen LogP contribution in [-0.4, -0.2) is 0 Å². The Hall–Kier alpha value is -1.94. The third kappa shape index (κ3) is 5.52. The van der Waals surface area contributed by atoms with E-state index in [0.29, 0.717) is 5.92 Å². The van der Waals surface area contributed by atoms with Gasteiger partial charge in [-0.25, -0.2) is 0 Å². The quantitative estimate of drug-likeness (QED) is 0.633. The summed E-state index contributed by atoms with van der Waals surface area (Å²) < 4.78 is 0. The molecule has 1 aromatic rings. The van der Waals surface area contributed by atoms with Gasteiger partial charge in [0.15, 0.2) is 0 Å². The summed E-state index contributed by atoms with van der Waals surface area (Å²) >= 11 is 0. The molecule has 21 heavy (non-hydrogen) atoms. The highest BCUT2D eigenvalue weighted by atomic mass is 14.9. The second-order valence-electron chi connectivity index (χ2n) is 5.49. The number of hydrogen-bond acceptors (Lipinski definition) is 1. The minimum atomic E-state index is 0.563. The number of benzene rings is 1. The zero-order chi connectivity index (χ0) is 15.7. The average molecular weight is 281 g/mol. The van der Waals surface area contributed by atoms with Gasteiger partial charge in [-0.2, -0.15) is 0 Å². The molecule has 1 heteroatoms. The van der Waals surface area contributed by atoms with Crippen molar-refractivity contribution in [3.05, 3.63) is 53.9 Å². The van der Waals surface area contributed by atoms with Gasteiger partial charge in [0.2, 0.25) is 0 Å². The van der Waals surface area contributed by atoms with E-state index in [1.54, 1.807) is 0 Å². The summed E-state index contributed by atoms with van der Waals surface area (Å²) in [6.07, 6.45) is 12.2. The summed E-state index contributed by atoms with van der Waals surface area (Å²) in [6.45, 7) is 10.8. The predicted molar refractivity (Wildman–Crippen MR) is 93.6 cm³/mol. The van der Waals surface area contributed by atoms with Gasteiger partial charge in [-0.1, -0.05) is 51.3 Å². The molecule has 0 atom stereocenters. The van der Waals surface area contributed by atoms with Gasteiger partial charge in [-0.3, -0.25) is 0 Å². The van der Waals surface area contributed by atoms with Crippen LogP contribution in [0.1, 0.15) is 57.6 Å². The molecule has 1 N–H and O–H groups in total. The Morgan fingerprint density at radius 3 is 2.29 bits per heavy atom. The summed E-state index contributed by atoms with van der Waals surface area (Å²) in [7, 11) is 0. The molecule has 0 aliphatic rings. The second kappa shape index (κ2) is 9.08. The molecule has 0 bridgehead atoms. The number of nitrogens with one attached hydrogen (secondary N) is 1. The maximum atomic E-state index is 5.38. The van der Waals surface area contributed by atoms with Crippen molar-refractivity contribution in [2.75, 3.05) is 0 Å². The van der Waals surface area contributed by atoms with E-state index in [4.69, 9.17) is 6.42 Å². The van der Waals surface area contributed by atoms with E-state index in [1.165, 1.54) is 36.8 Å². The van der Waals surface area contributed by atoms with Crippen LogP contribution in [0.4, 0.5) is 0 Å². The molecule has 1 nitrogen and oxygen atoms in total. The molecule has 0 amide bonds. The van der Waals surface area contributed by atoms with Crippen LogP contribution in [0.5, 0.6) is 0 Å². The van der Waals surface area contributed by atoms with E-state index in [0.717, 1.165) is 11.3 Å². The molecule has 0 spiro atoms. The molecule has 0 unspecified atom stereocenters. The minimum Gasteiger partial charge on any atom is -0.365 e. The van der Waals surface area contributed by atoms with Crippen molar-refractivity contribution >= 4 is 5.57 Å². The summed E-state index contributed by atoms with van der Waals surface area (Å²) in [5.41, 5.74) is 4.40. The molecule has 0 saturated heterocycles. The first-order valence-electron chi connectivity index (χ1n) is 7.81. The zero-order valence-corrected chi connectivity index (χ0v) is 13.6. The molecule has 0 heterocycles. The van der Waals surface area contributed by atoms with Gasteiger partial charge < -0.3 is 5.32 Å². The van der Waals surface area contributed by atoms with Crippen molar-refractivity contribution in [1.29, 1.82) is 0 Å². The maximum Gasteiger partial charge on any atom is 0.0243 e. The molecule has 0 radical (unpaired) electrons. The molecule has 0 aliphatic heterocycles. The lowest BCUT2D eigenvalue weighted by molar-refractivity contribution is 0.488. The monoisotopic (exact) mass is 281 g/mol. The van der Waals surface area contributed by atoms with E-state index >= 15 is 0 Å². The van der Waals surface area contributed by atoms with Crippen molar-refractivity contribution in [1.82, 2.24) is 5.32 Å². The molecular formula is C20H27N. The predicted octanol–water partition coefficient (Wildman–Crippen LogP) is 5.35. The summed E-state index contributed by atoms with van der Waals surface area (Å²) in [5, 5.41) is 3.38. The van der Waals surface area contributed by atoms with Gasteiger partial charge in [0.25, 0.3) is 0 Å². The highest BCUT2D eigenvalue weighted by molar-refractivity contribution is 5.64. The second-order valence-corrected chi connectivity index (χ2v) is 5.49. The molecule has 0 aromatic heterocycles. The first kappa shape index (κ1) is 17.1. The Morgan fingerprint density at radius 2 is 1.81 bits per heavy atom. The van der Waals surface area contributed by atoms with Crippen molar-refractivity contribution < 1.29 is 0 Å². The Bertz CT molecular complexity index is 508. The molecule has 112 valence electrons. The molecule has 1 rings (SSSR count). The fourth-order valence-electron chi connectivity index (χ4n) is 2.42. The van der Waals surface area contributed by atoms with E-state index in [1.807, 2.05) is 18.3 Å². The lowest BCUT2D eigenvalue weighted by Crippen LogP contribution is -2.15. The summed E-state index contributed by atoms with van der Waals surface area (Å²) in [6, 6.07) is 8.05. The van der Waals surface area contributed by atoms with Gasteiger partial charge in [0, 0.05) is 17.5 Å². The van der Waals surface area contributed by atoms with Crippen LogP contribution in [0.15, 0.2) is 42.7 Å². The lowest BCUT2D eigenvalue weighted by Gasteiger charge is -2.18. The van der Waals surface area contributed by atoms with E-state index in [-0.39, 0.29) is 0 Å². The average Bonchev–Trinajstić information content (AvgIpc) is 2.52. The Balaban J connectivity index is 2.69. The van der Waals surface area contributed by atoms with Crippen LogP contribution in [-0.2, 0) is 0 Å². The Morgan fingerprint density at radius 1 is 1.24 bits per heavy atom. The molecule has 0 fully saturated rings. The maximum absolute atomic E-state index is 5.38. The third-order valence-corrected chi connectivity index (χ3v) is 3.75. The SMILES string of the molecule is C#Cc1ccc(/C(C)=C/NC(=C)C(CCC)CCC)cc1. The van der Waals surface area contributed by atoms with Crippen LogP contribution < -0.4 is 5.32 Å². The Labute approximate surface area is 130 Å². The van der Waals surface area contributed by atoms with Crippen molar-refractivity contribution in [2.24, 2.45) is 5.92 Å².